The molecule has 144 valence electrons. The van der Waals surface area contributed by atoms with Gasteiger partial charge in [0.05, 0.1) is 0 Å². The number of nitrogens with one attached hydrogen (secondary N) is 1. The fourth-order valence-electron chi connectivity index (χ4n) is 3.57. The van der Waals surface area contributed by atoms with Gasteiger partial charge in [0, 0.05) is 42.7 Å². The Hall–Kier alpha value is -3.08. The van der Waals surface area contributed by atoms with Crippen LogP contribution >= 0.6 is 0 Å². The summed E-state index contributed by atoms with van der Waals surface area (Å²) in [5, 5.41) is 4.18. The Kier molecular flexibility index (Phi) is 5.42. The van der Waals surface area contributed by atoms with Crippen LogP contribution in [0.25, 0.3) is 11.0 Å². The Morgan fingerprint density at radius 2 is 1.71 bits per heavy atom. The van der Waals surface area contributed by atoms with E-state index in [1.54, 1.807) is 6.07 Å². The molecule has 1 aliphatic rings. The zero-order valence-electron chi connectivity index (χ0n) is 15.8. The van der Waals surface area contributed by atoms with Gasteiger partial charge < -0.3 is 14.6 Å². The molecular weight excluding hydrogens is 352 g/mol. The van der Waals surface area contributed by atoms with Gasteiger partial charge in [-0.2, -0.15) is 0 Å². The average molecular weight is 376 g/mol. The lowest BCUT2D eigenvalue weighted by atomic mass is 10.1. The molecule has 1 N–H and O–H groups in total. The number of likely N-dealkylation sites (tertiary alicyclic amines) is 1. The highest BCUT2D eigenvalue weighted by atomic mass is 16.3. The number of amides is 1. The number of nitrogens with zero attached hydrogens (tertiary/aromatic N) is 1. The molecule has 28 heavy (non-hydrogen) atoms. The normalized spacial score (nSPS) is 14.2. The van der Waals surface area contributed by atoms with Gasteiger partial charge in [0.2, 0.25) is 0 Å². The smallest absolute Gasteiger partial charge is 0.253 e. The van der Waals surface area contributed by atoms with Crippen molar-refractivity contribution in [3.05, 3.63) is 65.9 Å². The van der Waals surface area contributed by atoms with Crippen LogP contribution < -0.4 is 5.32 Å². The third-order valence-corrected chi connectivity index (χ3v) is 5.16. The molecule has 2 heterocycles. The Morgan fingerprint density at radius 3 is 2.46 bits per heavy atom. The van der Waals surface area contributed by atoms with E-state index in [-0.39, 0.29) is 11.7 Å². The highest BCUT2D eigenvalue weighted by Gasteiger charge is 2.18. The van der Waals surface area contributed by atoms with Crippen LogP contribution in [0.5, 0.6) is 0 Å². The first-order valence-electron chi connectivity index (χ1n) is 9.86. The molecule has 5 heteroatoms. The predicted molar refractivity (Wildman–Crippen MR) is 110 cm³/mol. The summed E-state index contributed by atoms with van der Waals surface area (Å²) in [7, 11) is 0. The van der Waals surface area contributed by atoms with Gasteiger partial charge in [-0.05, 0) is 55.7 Å². The highest BCUT2D eigenvalue weighted by molar-refractivity contribution is 5.98. The largest absolute Gasteiger partial charge is 0.453 e. The highest BCUT2D eigenvalue weighted by Crippen LogP contribution is 2.20. The number of benzene rings is 2. The van der Waals surface area contributed by atoms with Crippen molar-refractivity contribution in [1.82, 2.24) is 4.90 Å². The molecule has 0 bridgehead atoms. The molecule has 4 rings (SSSR count). The number of carbonyl (C=O) groups excluding carboxylic acids is 2. The Labute approximate surface area is 164 Å². The maximum Gasteiger partial charge on any atom is 0.253 e. The summed E-state index contributed by atoms with van der Waals surface area (Å²) >= 11 is 0. The molecular formula is C23H24N2O3. The number of hydrogen-bond donors (Lipinski definition) is 1. The van der Waals surface area contributed by atoms with E-state index in [1.807, 2.05) is 53.4 Å². The number of para-hydroxylation sites is 1. The molecule has 5 nitrogen and oxygen atoms in total. The van der Waals surface area contributed by atoms with Gasteiger partial charge in [0.25, 0.3) is 5.91 Å². The summed E-state index contributed by atoms with van der Waals surface area (Å²) in [5.74, 6) is 0.470. The van der Waals surface area contributed by atoms with Gasteiger partial charge in [-0.1, -0.05) is 18.2 Å². The number of furan rings is 1. The number of piperidine rings is 1. The van der Waals surface area contributed by atoms with Crippen LogP contribution in [0.4, 0.5) is 5.69 Å². The number of fused-ring (bicyclic) bond motifs is 1. The van der Waals surface area contributed by atoms with E-state index in [1.165, 1.54) is 6.42 Å². The zero-order chi connectivity index (χ0) is 19.3. The van der Waals surface area contributed by atoms with Gasteiger partial charge in [-0.25, -0.2) is 0 Å². The number of hydrogen-bond acceptors (Lipinski definition) is 4. The molecule has 0 spiro atoms. The van der Waals surface area contributed by atoms with Crippen LogP contribution in [-0.2, 0) is 0 Å². The molecule has 0 aliphatic carbocycles. The van der Waals surface area contributed by atoms with Crippen molar-refractivity contribution in [1.29, 1.82) is 0 Å². The zero-order valence-corrected chi connectivity index (χ0v) is 15.8. The second-order valence-corrected chi connectivity index (χ2v) is 7.18. The van der Waals surface area contributed by atoms with Crippen molar-refractivity contribution in [2.24, 2.45) is 0 Å². The summed E-state index contributed by atoms with van der Waals surface area (Å²) < 4.78 is 5.61. The van der Waals surface area contributed by atoms with Crippen LogP contribution in [0.2, 0.25) is 0 Å². The van der Waals surface area contributed by atoms with Crippen LogP contribution in [0.3, 0.4) is 0 Å². The average Bonchev–Trinajstić information content (AvgIpc) is 3.19. The van der Waals surface area contributed by atoms with Crippen molar-refractivity contribution in [3.8, 4) is 0 Å². The fourth-order valence-corrected chi connectivity index (χ4v) is 3.57. The van der Waals surface area contributed by atoms with Gasteiger partial charge in [0.1, 0.15) is 5.58 Å². The summed E-state index contributed by atoms with van der Waals surface area (Å²) in [4.78, 5) is 26.8. The summed E-state index contributed by atoms with van der Waals surface area (Å²) in [6.45, 7) is 2.21. The first-order chi connectivity index (χ1) is 13.7. The molecule has 2 aromatic carbocycles. The lowest BCUT2D eigenvalue weighted by Gasteiger charge is -2.26. The molecule has 0 saturated carbocycles. The molecule has 0 radical (unpaired) electrons. The van der Waals surface area contributed by atoms with Crippen LogP contribution in [0.15, 0.2) is 59.0 Å². The quantitative estimate of drug-likeness (QED) is 0.631. The maximum atomic E-state index is 12.5. The summed E-state index contributed by atoms with van der Waals surface area (Å²) in [6, 6.07) is 16.9. The second kappa shape index (κ2) is 8.30. The van der Waals surface area contributed by atoms with E-state index in [2.05, 4.69) is 5.32 Å². The molecule has 0 unspecified atom stereocenters. The molecule has 1 aromatic heterocycles. The van der Waals surface area contributed by atoms with E-state index < -0.39 is 0 Å². The molecule has 1 saturated heterocycles. The van der Waals surface area contributed by atoms with E-state index in [4.69, 9.17) is 4.42 Å². The van der Waals surface area contributed by atoms with Crippen molar-refractivity contribution >= 4 is 28.3 Å². The number of anilines is 1. The van der Waals surface area contributed by atoms with E-state index in [0.717, 1.165) is 42.6 Å². The van der Waals surface area contributed by atoms with Gasteiger partial charge in [-0.3, -0.25) is 9.59 Å². The minimum atomic E-state index is -0.0272. The molecule has 1 aliphatic heterocycles. The topological polar surface area (TPSA) is 62.6 Å². The minimum Gasteiger partial charge on any atom is -0.453 e. The third-order valence-electron chi connectivity index (χ3n) is 5.16. The van der Waals surface area contributed by atoms with Gasteiger partial charge in [0.15, 0.2) is 11.5 Å². The monoisotopic (exact) mass is 376 g/mol. The Morgan fingerprint density at radius 1 is 0.964 bits per heavy atom. The van der Waals surface area contributed by atoms with Crippen LogP contribution in [0, 0.1) is 0 Å². The third kappa shape index (κ3) is 4.09. The lowest BCUT2D eigenvalue weighted by Crippen LogP contribution is -2.35. The van der Waals surface area contributed by atoms with Crippen molar-refractivity contribution < 1.29 is 14.0 Å². The first kappa shape index (κ1) is 18.3. The van der Waals surface area contributed by atoms with E-state index >= 15 is 0 Å². The minimum absolute atomic E-state index is 0.0272. The molecule has 3 aromatic rings. The molecule has 1 fully saturated rings. The second-order valence-electron chi connectivity index (χ2n) is 7.18. The van der Waals surface area contributed by atoms with E-state index in [0.29, 0.717) is 24.3 Å². The summed E-state index contributed by atoms with van der Waals surface area (Å²) in [6.07, 6.45) is 3.73. The number of Topliss-reactive ketones (excluding diaryl/α,β-unsaturated/α-hetero) is 1. The van der Waals surface area contributed by atoms with Gasteiger partial charge in [-0.15, -0.1) is 0 Å². The number of rotatable bonds is 6. The maximum absolute atomic E-state index is 12.5. The fraction of sp³-hybridized carbons (Fsp3) is 0.304. The van der Waals surface area contributed by atoms with Crippen LogP contribution in [-0.4, -0.2) is 36.2 Å². The SMILES string of the molecule is O=C(CCNc1ccc(C(=O)N2CCCCC2)cc1)c1cc2ccccc2o1. The number of ketones is 1. The first-order valence-corrected chi connectivity index (χ1v) is 9.86. The Bertz CT molecular complexity index is 936. The standard InChI is InChI=1S/C23H24N2O3/c26-20(22-16-18-6-2-3-7-21(18)28-22)12-13-24-19-10-8-17(9-11-19)23(27)25-14-4-1-5-15-25/h2-3,6-11,16,24H,1,4-5,12-15H2. The molecule has 1 amide bonds. The summed E-state index contributed by atoms with van der Waals surface area (Å²) in [5.41, 5.74) is 2.34. The Balaban J connectivity index is 1.30. The van der Waals surface area contributed by atoms with E-state index in [9.17, 15) is 9.59 Å². The van der Waals surface area contributed by atoms with Crippen LogP contribution in [0.1, 0.15) is 46.6 Å². The number of carbonyl (C=O) groups is 2. The lowest BCUT2D eigenvalue weighted by molar-refractivity contribution is 0.0724. The predicted octanol–water partition coefficient (Wildman–Crippen LogP) is 4.74. The van der Waals surface area contributed by atoms with Crippen molar-refractivity contribution in [3.63, 3.8) is 0 Å². The van der Waals surface area contributed by atoms with Crippen molar-refractivity contribution in [2.75, 3.05) is 25.0 Å². The van der Waals surface area contributed by atoms with Crippen molar-refractivity contribution in [2.45, 2.75) is 25.7 Å². The van der Waals surface area contributed by atoms with Gasteiger partial charge >= 0.3 is 0 Å². The molecule has 0 atom stereocenters.